The largest absolute Gasteiger partial charge is 0.452 e. The van der Waals surface area contributed by atoms with Gasteiger partial charge in [-0.2, -0.15) is 0 Å². The third-order valence-electron chi connectivity index (χ3n) is 4.49. The van der Waals surface area contributed by atoms with Crippen molar-refractivity contribution in [2.75, 3.05) is 4.90 Å². The van der Waals surface area contributed by atoms with Crippen molar-refractivity contribution in [1.82, 2.24) is 4.98 Å². The number of esters is 1. The molecule has 2 heterocycles. The van der Waals surface area contributed by atoms with Crippen LogP contribution in [-0.2, 0) is 20.9 Å². The molecule has 0 unspecified atom stereocenters. The van der Waals surface area contributed by atoms with Crippen molar-refractivity contribution in [1.29, 1.82) is 0 Å². The second kappa shape index (κ2) is 7.72. The van der Waals surface area contributed by atoms with Crippen LogP contribution in [0.5, 0.6) is 0 Å². The highest BCUT2D eigenvalue weighted by atomic mass is 32.1. The molecule has 1 aliphatic heterocycles. The summed E-state index contributed by atoms with van der Waals surface area (Å²) in [6, 6.07) is 17.9. The van der Waals surface area contributed by atoms with Gasteiger partial charge in [-0.05, 0) is 23.3 Å². The molecule has 1 atom stereocenters. The standard InChI is InChI=1S/C21H18N2O3S/c24-20-11-10-18(26-20)21(25)23(14-19-22-12-13-27-19)17-8-6-16(7-9-17)15-4-2-1-3-5-15/h1-9,12-13,18H,10-11,14H2/t18-/m1/s1. The average molecular weight is 378 g/mol. The Balaban J connectivity index is 1.61. The number of anilines is 1. The van der Waals surface area contributed by atoms with Crippen LogP contribution in [0.4, 0.5) is 5.69 Å². The number of carbonyl (C=O) groups excluding carboxylic acids is 2. The number of thiazole rings is 1. The Morgan fingerprint density at radius 2 is 1.85 bits per heavy atom. The van der Waals surface area contributed by atoms with Gasteiger partial charge >= 0.3 is 5.97 Å². The zero-order valence-electron chi connectivity index (χ0n) is 14.6. The van der Waals surface area contributed by atoms with Crippen LogP contribution in [0.1, 0.15) is 17.8 Å². The Morgan fingerprint density at radius 3 is 2.48 bits per heavy atom. The first-order chi connectivity index (χ1) is 13.2. The highest BCUT2D eigenvalue weighted by molar-refractivity contribution is 7.09. The quantitative estimate of drug-likeness (QED) is 0.629. The first kappa shape index (κ1) is 17.4. The van der Waals surface area contributed by atoms with Gasteiger partial charge in [-0.15, -0.1) is 11.3 Å². The van der Waals surface area contributed by atoms with Crippen molar-refractivity contribution in [3.8, 4) is 11.1 Å². The summed E-state index contributed by atoms with van der Waals surface area (Å²) in [5, 5.41) is 2.71. The number of carbonyl (C=O) groups is 2. The summed E-state index contributed by atoms with van der Waals surface area (Å²) in [6.07, 6.45) is 1.71. The van der Waals surface area contributed by atoms with Gasteiger partial charge in [0, 0.05) is 30.1 Å². The fourth-order valence-electron chi connectivity index (χ4n) is 3.10. The molecule has 0 saturated carbocycles. The number of nitrogens with zero attached hydrogens (tertiary/aromatic N) is 2. The lowest BCUT2D eigenvalue weighted by Crippen LogP contribution is -2.38. The van der Waals surface area contributed by atoms with E-state index >= 15 is 0 Å². The Morgan fingerprint density at radius 1 is 1.11 bits per heavy atom. The highest BCUT2D eigenvalue weighted by Gasteiger charge is 2.34. The van der Waals surface area contributed by atoms with E-state index in [1.807, 2.05) is 60.0 Å². The fourth-order valence-corrected chi connectivity index (χ4v) is 3.70. The number of hydrogen-bond donors (Lipinski definition) is 0. The maximum Gasteiger partial charge on any atom is 0.306 e. The van der Waals surface area contributed by atoms with Crippen LogP contribution in [0.3, 0.4) is 0 Å². The summed E-state index contributed by atoms with van der Waals surface area (Å²) < 4.78 is 5.19. The summed E-state index contributed by atoms with van der Waals surface area (Å²) in [5.74, 6) is -0.523. The van der Waals surface area contributed by atoms with Gasteiger partial charge in [-0.25, -0.2) is 4.98 Å². The summed E-state index contributed by atoms with van der Waals surface area (Å²) in [6.45, 7) is 0.356. The third kappa shape index (κ3) is 3.90. The molecule has 27 heavy (non-hydrogen) atoms. The highest BCUT2D eigenvalue weighted by Crippen LogP contribution is 2.27. The second-order valence-corrected chi connectivity index (χ2v) is 7.26. The van der Waals surface area contributed by atoms with Gasteiger partial charge in [-0.3, -0.25) is 9.59 Å². The van der Waals surface area contributed by atoms with E-state index in [0.717, 1.165) is 21.8 Å². The molecule has 1 fully saturated rings. The van der Waals surface area contributed by atoms with Gasteiger partial charge in [0.25, 0.3) is 5.91 Å². The molecule has 0 spiro atoms. The van der Waals surface area contributed by atoms with Gasteiger partial charge in [0.15, 0.2) is 6.10 Å². The fraction of sp³-hybridized carbons (Fsp3) is 0.190. The summed E-state index contributed by atoms with van der Waals surface area (Å²) in [5.41, 5.74) is 2.96. The van der Waals surface area contributed by atoms with Crippen LogP contribution in [0.25, 0.3) is 11.1 Å². The van der Waals surface area contributed by atoms with E-state index < -0.39 is 6.10 Å². The topological polar surface area (TPSA) is 59.5 Å². The summed E-state index contributed by atoms with van der Waals surface area (Å²) >= 11 is 1.49. The van der Waals surface area contributed by atoms with Crippen LogP contribution in [-0.4, -0.2) is 23.0 Å². The first-order valence-electron chi connectivity index (χ1n) is 8.75. The number of hydrogen-bond acceptors (Lipinski definition) is 5. The predicted octanol–water partition coefficient (Wildman–Crippen LogP) is 4.05. The van der Waals surface area contributed by atoms with Crippen molar-refractivity contribution in [3.63, 3.8) is 0 Å². The molecule has 0 aliphatic carbocycles. The van der Waals surface area contributed by atoms with E-state index in [4.69, 9.17) is 4.74 Å². The van der Waals surface area contributed by atoms with E-state index in [2.05, 4.69) is 4.98 Å². The number of ether oxygens (including phenoxy) is 1. The molecule has 2 aromatic carbocycles. The molecule has 1 aliphatic rings. The number of benzene rings is 2. The average Bonchev–Trinajstić information content (AvgIpc) is 3.38. The van der Waals surface area contributed by atoms with Gasteiger partial charge in [0.2, 0.25) is 0 Å². The monoisotopic (exact) mass is 378 g/mol. The minimum absolute atomic E-state index is 0.205. The number of aromatic nitrogens is 1. The zero-order valence-corrected chi connectivity index (χ0v) is 15.4. The first-order valence-corrected chi connectivity index (χ1v) is 9.63. The number of cyclic esters (lactones) is 1. The molecule has 5 nitrogen and oxygen atoms in total. The Kier molecular flexibility index (Phi) is 4.98. The molecule has 4 rings (SSSR count). The Bertz CT molecular complexity index is 924. The van der Waals surface area contributed by atoms with E-state index in [1.165, 1.54) is 11.3 Å². The lowest BCUT2D eigenvalue weighted by Gasteiger charge is -2.24. The maximum atomic E-state index is 13.0. The molecular formula is C21H18N2O3S. The second-order valence-electron chi connectivity index (χ2n) is 6.28. The van der Waals surface area contributed by atoms with E-state index in [0.29, 0.717) is 13.0 Å². The minimum Gasteiger partial charge on any atom is -0.452 e. The van der Waals surface area contributed by atoms with Crippen molar-refractivity contribution in [2.45, 2.75) is 25.5 Å². The zero-order chi connectivity index (χ0) is 18.6. The van der Waals surface area contributed by atoms with Gasteiger partial charge in [0.1, 0.15) is 5.01 Å². The van der Waals surface area contributed by atoms with Crippen LogP contribution in [0, 0.1) is 0 Å². The molecule has 1 amide bonds. The van der Waals surface area contributed by atoms with Crippen molar-refractivity contribution in [3.05, 3.63) is 71.2 Å². The van der Waals surface area contributed by atoms with Gasteiger partial charge in [0.05, 0.1) is 6.54 Å². The van der Waals surface area contributed by atoms with Gasteiger partial charge in [-0.1, -0.05) is 42.5 Å². The SMILES string of the molecule is O=C1CC[C@H](C(=O)N(Cc2nccs2)c2ccc(-c3ccccc3)cc2)O1. The molecule has 1 saturated heterocycles. The Labute approximate surface area is 161 Å². The summed E-state index contributed by atoms with van der Waals surface area (Å²) in [4.78, 5) is 30.4. The van der Waals surface area contributed by atoms with Crippen LogP contribution in [0.15, 0.2) is 66.2 Å². The van der Waals surface area contributed by atoms with Crippen LogP contribution < -0.4 is 4.90 Å². The predicted molar refractivity (Wildman–Crippen MR) is 104 cm³/mol. The molecule has 6 heteroatoms. The molecule has 3 aromatic rings. The molecule has 0 N–H and O–H groups in total. The van der Waals surface area contributed by atoms with Crippen molar-refractivity contribution in [2.24, 2.45) is 0 Å². The lowest BCUT2D eigenvalue weighted by molar-refractivity contribution is -0.147. The van der Waals surface area contributed by atoms with E-state index in [1.54, 1.807) is 11.1 Å². The maximum absolute atomic E-state index is 13.0. The molecule has 0 radical (unpaired) electrons. The molecule has 1 aromatic heterocycles. The number of rotatable bonds is 5. The van der Waals surface area contributed by atoms with Crippen molar-refractivity contribution < 1.29 is 14.3 Å². The van der Waals surface area contributed by atoms with Crippen LogP contribution in [0.2, 0.25) is 0 Å². The normalized spacial score (nSPS) is 16.1. The van der Waals surface area contributed by atoms with E-state index in [-0.39, 0.29) is 18.3 Å². The van der Waals surface area contributed by atoms with E-state index in [9.17, 15) is 9.59 Å². The minimum atomic E-state index is -0.716. The molecular weight excluding hydrogens is 360 g/mol. The molecule has 0 bridgehead atoms. The third-order valence-corrected chi connectivity index (χ3v) is 5.25. The number of amides is 1. The smallest absolute Gasteiger partial charge is 0.306 e. The van der Waals surface area contributed by atoms with Gasteiger partial charge < -0.3 is 9.64 Å². The summed E-state index contributed by atoms with van der Waals surface area (Å²) in [7, 11) is 0. The molecule has 136 valence electrons. The Hall–Kier alpha value is -2.99. The van der Waals surface area contributed by atoms with Crippen LogP contribution >= 0.6 is 11.3 Å². The lowest BCUT2D eigenvalue weighted by atomic mass is 10.1. The van der Waals surface area contributed by atoms with Crippen molar-refractivity contribution >= 4 is 28.9 Å².